The van der Waals surface area contributed by atoms with Crippen molar-refractivity contribution in [2.24, 2.45) is 5.92 Å². The van der Waals surface area contributed by atoms with Gasteiger partial charge in [0.05, 0.1) is 13.7 Å². The summed E-state index contributed by atoms with van der Waals surface area (Å²) in [6, 6.07) is 10.1. The third kappa shape index (κ3) is 4.33. The fraction of sp³-hybridized carbons (Fsp3) is 0.389. The van der Waals surface area contributed by atoms with E-state index in [0.717, 1.165) is 29.2 Å². The summed E-state index contributed by atoms with van der Waals surface area (Å²) in [5.41, 5.74) is 2.33. The third-order valence-corrected chi connectivity index (χ3v) is 4.97. The molecular formula is C18H21NO3S. The topological polar surface area (TPSA) is 47.6 Å². The van der Waals surface area contributed by atoms with E-state index >= 15 is 0 Å². The van der Waals surface area contributed by atoms with Crippen molar-refractivity contribution in [1.29, 1.82) is 0 Å². The van der Waals surface area contributed by atoms with E-state index in [0.29, 0.717) is 25.5 Å². The number of carbonyl (C=O) groups excluding carboxylic acids is 1. The zero-order chi connectivity index (χ0) is 16.1. The molecule has 1 N–H and O–H groups in total. The molecule has 1 amide bonds. The number of carbonyl (C=O) groups is 1. The van der Waals surface area contributed by atoms with Gasteiger partial charge in [-0.05, 0) is 47.0 Å². The Hall–Kier alpha value is -1.85. The molecule has 4 nitrogen and oxygen atoms in total. The van der Waals surface area contributed by atoms with E-state index < -0.39 is 0 Å². The Morgan fingerprint density at radius 3 is 2.87 bits per heavy atom. The van der Waals surface area contributed by atoms with E-state index in [2.05, 4.69) is 16.8 Å². The predicted octanol–water partition coefficient (Wildman–Crippen LogP) is 3.47. The maximum Gasteiger partial charge on any atom is 0.220 e. The summed E-state index contributed by atoms with van der Waals surface area (Å²) in [6.45, 7) is 2.09. The molecule has 5 heteroatoms. The fourth-order valence-corrected chi connectivity index (χ4v) is 3.51. The fourth-order valence-electron chi connectivity index (χ4n) is 2.67. The molecule has 3 rings (SSSR count). The minimum absolute atomic E-state index is 0.111. The van der Waals surface area contributed by atoms with Crippen LogP contribution >= 0.6 is 11.3 Å². The minimum Gasteiger partial charge on any atom is -0.497 e. The van der Waals surface area contributed by atoms with Crippen molar-refractivity contribution < 1.29 is 14.3 Å². The van der Waals surface area contributed by atoms with Gasteiger partial charge in [-0.3, -0.25) is 4.79 Å². The van der Waals surface area contributed by atoms with E-state index in [-0.39, 0.29) is 5.91 Å². The van der Waals surface area contributed by atoms with Crippen LogP contribution in [0.2, 0.25) is 0 Å². The number of amides is 1. The van der Waals surface area contributed by atoms with Gasteiger partial charge in [0, 0.05) is 24.5 Å². The second-order valence-electron chi connectivity index (χ2n) is 5.74. The van der Waals surface area contributed by atoms with E-state index in [9.17, 15) is 4.79 Å². The molecule has 1 aliphatic heterocycles. The molecule has 0 spiro atoms. The molecule has 23 heavy (non-hydrogen) atoms. The molecule has 1 aromatic carbocycles. The predicted molar refractivity (Wildman–Crippen MR) is 91.7 cm³/mol. The van der Waals surface area contributed by atoms with Crippen LogP contribution in [0.5, 0.6) is 5.75 Å². The van der Waals surface area contributed by atoms with Gasteiger partial charge in [0.25, 0.3) is 0 Å². The highest BCUT2D eigenvalue weighted by atomic mass is 32.1. The monoisotopic (exact) mass is 331 g/mol. The van der Waals surface area contributed by atoms with Crippen LogP contribution in [-0.4, -0.2) is 26.2 Å². The summed E-state index contributed by atoms with van der Waals surface area (Å²) in [4.78, 5) is 13.1. The molecule has 0 unspecified atom stereocenters. The smallest absolute Gasteiger partial charge is 0.220 e. The number of nitrogens with one attached hydrogen (secondary N) is 1. The first-order chi connectivity index (χ1) is 11.2. The Balaban J connectivity index is 1.53. The maximum absolute atomic E-state index is 11.9. The molecule has 1 aliphatic rings. The highest BCUT2D eigenvalue weighted by Gasteiger charge is 2.18. The van der Waals surface area contributed by atoms with E-state index in [1.54, 1.807) is 18.4 Å². The lowest BCUT2D eigenvalue weighted by molar-refractivity contribution is -0.122. The number of methoxy groups -OCH3 is 1. The summed E-state index contributed by atoms with van der Waals surface area (Å²) >= 11 is 1.67. The zero-order valence-corrected chi connectivity index (χ0v) is 14.0. The molecule has 0 radical (unpaired) electrons. The zero-order valence-electron chi connectivity index (χ0n) is 13.2. The van der Waals surface area contributed by atoms with Gasteiger partial charge >= 0.3 is 0 Å². The minimum atomic E-state index is 0.111. The van der Waals surface area contributed by atoms with Gasteiger partial charge in [-0.15, -0.1) is 11.3 Å². The molecule has 1 aromatic heterocycles. The Morgan fingerprint density at radius 2 is 2.17 bits per heavy atom. The number of rotatable bonds is 6. The number of hydrogen-bond acceptors (Lipinski definition) is 4. The van der Waals surface area contributed by atoms with Crippen molar-refractivity contribution in [2.45, 2.75) is 19.4 Å². The van der Waals surface area contributed by atoms with E-state index in [1.165, 1.54) is 5.56 Å². The van der Waals surface area contributed by atoms with Gasteiger partial charge < -0.3 is 14.8 Å². The van der Waals surface area contributed by atoms with Crippen LogP contribution in [0.3, 0.4) is 0 Å². The highest BCUT2D eigenvalue weighted by molar-refractivity contribution is 7.10. The Kier molecular flexibility index (Phi) is 5.31. The van der Waals surface area contributed by atoms with Gasteiger partial charge in [0.2, 0.25) is 5.91 Å². The maximum atomic E-state index is 11.9. The third-order valence-electron chi connectivity index (χ3n) is 4.03. The van der Waals surface area contributed by atoms with Gasteiger partial charge in [-0.1, -0.05) is 12.1 Å². The molecule has 1 saturated heterocycles. The standard InChI is InChI=1S/C18H21NO3S/c1-21-16-4-2-14(3-5-16)15-9-17(23-12-15)10-19-18(20)8-13-6-7-22-11-13/h2-5,9,12-13H,6-8,10-11H2,1H3,(H,19,20)/t13-/m0/s1. The van der Waals surface area contributed by atoms with Gasteiger partial charge in [-0.25, -0.2) is 0 Å². The number of benzene rings is 1. The Bertz CT molecular complexity index is 645. The summed E-state index contributed by atoms with van der Waals surface area (Å²) < 4.78 is 10.5. The van der Waals surface area contributed by atoms with Crippen molar-refractivity contribution in [2.75, 3.05) is 20.3 Å². The largest absolute Gasteiger partial charge is 0.497 e. The lowest BCUT2D eigenvalue weighted by atomic mass is 10.1. The van der Waals surface area contributed by atoms with Gasteiger partial charge in [0.15, 0.2) is 0 Å². The number of hydrogen-bond donors (Lipinski definition) is 1. The average Bonchev–Trinajstić information content (AvgIpc) is 3.25. The van der Waals surface area contributed by atoms with Crippen molar-refractivity contribution in [3.8, 4) is 16.9 Å². The molecule has 0 aliphatic carbocycles. The lowest BCUT2D eigenvalue weighted by Crippen LogP contribution is -2.24. The molecule has 2 heterocycles. The molecule has 1 atom stereocenters. The Morgan fingerprint density at radius 1 is 1.35 bits per heavy atom. The highest BCUT2D eigenvalue weighted by Crippen LogP contribution is 2.27. The van der Waals surface area contributed by atoms with Crippen LogP contribution in [0.4, 0.5) is 0 Å². The summed E-state index contributed by atoms with van der Waals surface area (Å²) in [5.74, 6) is 1.35. The summed E-state index contributed by atoms with van der Waals surface area (Å²) in [6.07, 6.45) is 1.56. The molecule has 122 valence electrons. The number of thiophene rings is 1. The van der Waals surface area contributed by atoms with Crippen molar-refractivity contribution in [1.82, 2.24) is 5.32 Å². The Labute approximate surface area is 140 Å². The SMILES string of the molecule is COc1ccc(-c2csc(CNC(=O)C[C@@H]3CCOC3)c2)cc1. The second-order valence-corrected chi connectivity index (χ2v) is 6.74. The molecule has 2 aromatic rings. The van der Waals surface area contributed by atoms with E-state index in [1.807, 2.05) is 24.3 Å². The first kappa shape index (κ1) is 16.0. The first-order valence-electron chi connectivity index (χ1n) is 7.81. The van der Waals surface area contributed by atoms with Gasteiger partial charge in [0.1, 0.15) is 5.75 Å². The van der Waals surface area contributed by atoms with Crippen LogP contribution in [0.25, 0.3) is 11.1 Å². The quantitative estimate of drug-likeness (QED) is 0.882. The van der Waals surface area contributed by atoms with Crippen molar-refractivity contribution in [3.63, 3.8) is 0 Å². The van der Waals surface area contributed by atoms with Crippen LogP contribution in [0.1, 0.15) is 17.7 Å². The molecule has 0 saturated carbocycles. The number of ether oxygens (including phenoxy) is 2. The lowest BCUT2D eigenvalue weighted by Gasteiger charge is -2.07. The molecule has 0 bridgehead atoms. The average molecular weight is 331 g/mol. The second kappa shape index (κ2) is 7.62. The summed E-state index contributed by atoms with van der Waals surface area (Å²) in [5, 5.41) is 5.12. The summed E-state index contributed by atoms with van der Waals surface area (Å²) in [7, 11) is 1.66. The van der Waals surface area contributed by atoms with E-state index in [4.69, 9.17) is 9.47 Å². The van der Waals surface area contributed by atoms with Crippen LogP contribution in [0, 0.1) is 5.92 Å². The van der Waals surface area contributed by atoms with Crippen molar-refractivity contribution >= 4 is 17.2 Å². The molecule has 1 fully saturated rings. The van der Waals surface area contributed by atoms with Crippen LogP contribution in [-0.2, 0) is 16.1 Å². The van der Waals surface area contributed by atoms with Crippen molar-refractivity contribution in [3.05, 3.63) is 40.6 Å². The van der Waals surface area contributed by atoms with Gasteiger partial charge in [-0.2, -0.15) is 0 Å². The van der Waals surface area contributed by atoms with Crippen LogP contribution < -0.4 is 10.1 Å². The first-order valence-corrected chi connectivity index (χ1v) is 8.69. The van der Waals surface area contributed by atoms with Crippen LogP contribution in [0.15, 0.2) is 35.7 Å². The normalized spacial score (nSPS) is 17.2. The molecular weight excluding hydrogens is 310 g/mol.